The van der Waals surface area contributed by atoms with Crippen LogP contribution in [0, 0.1) is 0 Å². The van der Waals surface area contributed by atoms with E-state index in [9.17, 15) is 4.79 Å². The van der Waals surface area contributed by atoms with Crippen molar-refractivity contribution in [2.24, 2.45) is 0 Å². The Labute approximate surface area is 102 Å². The van der Waals surface area contributed by atoms with Crippen LogP contribution in [0.5, 0.6) is 5.75 Å². The van der Waals surface area contributed by atoms with Crippen LogP contribution in [-0.4, -0.2) is 18.2 Å². The second kappa shape index (κ2) is 5.21. The van der Waals surface area contributed by atoms with Gasteiger partial charge in [-0.05, 0) is 18.1 Å². The van der Waals surface area contributed by atoms with Gasteiger partial charge in [0.05, 0.1) is 13.5 Å². The number of carbonyl (C=O) groups is 1. The van der Waals surface area contributed by atoms with Gasteiger partial charge in [-0.1, -0.05) is 32.9 Å². The maximum atomic E-state index is 10.9. The standard InChI is InChI=1S/C14H20O3/c1-5-10-6-7-12(17-4)11(8-10)14(2,3)9-13(15)16/h6-8H,5,9H2,1-4H3,(H,15,16). The van der Waals surface area contributed by atoms with Crippen LogP contribution >= 0.6 is 0 Å². The Kier molecular flexibility index (Phi) is 4.16. The molecule has 0 saturated carbocycles. The molecule has 1 rings (SSSR count). The first kappa shape index (κ1) is 13.6. The number of methoxy groups -OCH3 is 1. The Balaban J connectivity index is 3.21. The van der Waals surface area contributed by atoms with Gasteiger partial charge in [-0.15, -0.1) is 0 Å². The smallest absolute Gasteiger partial charge is 0.304 e. The van der Waals surface area contributed by atoms with Gasteiger partial charge in [0.15, 0.2) is 0 Å². The molecule has 0 amide bonds. The van der Waals surface area contributed by atoms with Gasteiger partial charge in [0.2, 0.25) is 0 Å². The number of hydrogen-bond donors (Lipinski definition) is 1. The van der Waals surface area contributed by atoms with E-state index in [-0.39, 0.29) is 6.42 Å². The zero-order chi connectivity index (χ0) is 13.1. The molecule has 0 aliphatic heterocycles. The van der Waals surface area contributed by atoms with Crippen molar-refractivity contribution < 1.29 is 14.6 Å². The van der Waals surface area contributed by atoms with Crippen LogP contribution in [0.3, 0.4) is 0 Å². The first-order valence-electron chi connectivity index (χ1n) is 5.80. The lowest BCUT2D eigenvalue weighted by Crippen LogP contribution is -2.22. The molecule has 1 aromatic carbocycles. The molecule has 0 heterocycles. The Morgan fingerprint density at radius 3 is 2.53 bits per heavy atom. The van der Waals surface area contributed by atoms with Crippen molar-refractivity contribution in [3.8, 4) is 5.75 Å². The van der Waals surface area contributed by atoms with Crippen molar-refractivity contribution >= 4 is 5.97 Å². The number of ether oxygens (including phenoxy) is 1. The molecular weight excluding hydrogens is 216 g/mol. The first-order valence-corrected chi connectivity index (χ1v) is 5.80. The highest BCUT2D eigenvalue weighted by Crippen LogP contribution is 2.35. The summed E-state index contributed by atoms with van der Waals surface area (Å²) >= 11 is 0. The highest BCUT2D eigenvalue weighted by atomic mass is 16.5. The molecule has 0 aliphatic carbocycles. The minimum Gasteiger partial charge on any atom is -0.496 e. The highest BCUT2D eigenvalue weighted by molar-refractivity contribution is 5.69. The third kappa shape index (κ3) is 3.22. The topological polar surface area (TPSA) is 46.5 Å². The van der Waals surface area contributed by atoms with Crippen LogP contribution in [0.15, 0.2) is 18.2 Å². The largest absolute Gasteiger partial charge is 0.496 e. The number of aryl methyl sites for hydroxylation is 1. The summed E-state index contributed by atoms with van der Waals surface area (Å²) in [6.07, 6.45) is 1.02. The molecule has 1 N–H and O–H groups in total. The number of hydrogen-bond acceptors (Lipinski definition) is 2. The zero-order valence-electron chi connectivity index (χ0n) is 10.9. The summed E-state index contributed by atoms with van der Waals surface area (Å²) in [7, 11) is 1.61. The zero-order valence-corrected chi connectivity index (χ0v) is 10.9. The summed E-state index contributed by atoms with van der Waals surface area (Å²) in [5.74, 6) is -0.0348. The second-order valence-electron chi connectivity index (χ2n) is 4.84. The Morgan fingerprint density at radius 2 is 2.06 bits per heavy atom. The quantitative estimate of drug-likeness (QED) is 0.854. The molecule has 0 unspecified atom stereocenters. The van der Waals surface area contributed by atoms with E-state index in [4.69, 9.17) is 9.84 Å². The molecule has 3 nitrogen and oxygen atoms in total. The monoisotopic (exact) mass is 236 g/mol. The lowest BCUT2D eigenvalue weighted by Gasteiger charge is -2.26. The third-order valence-electron chi connectivity index (χ3n) is 2.99. The van der Waals surface area contributed by atoms with Gasteiger partial charge in [-0.2, -0.15) is 0 Å². The molecule has 1 aromatic rings. The van der Waals surface area contributed by atoms with Crippen LogP contribution in [0.4, 0.5) is 0 Å². The molecule has 0 fully saturated rings. The lowest BCUT2D eigenvalue weighted by atomic mass is 9.80. The van der Waals surface area contributed by atoms with E-state index in [0.29, 0.717) is 0 Å². The number of carboxylic acid groups (broad SMARTS) is 1. The average molecular weight is 236 g/mol. The maximum absolute atomic E-state index is 10.9. The maximum Gasteiger partial charge on any atom is 0.304 e. The highest BCUT2D eigenvalue weighted by Gasteiger charge is 2.27. The molecule has 0 bridgehead atoms. The lowest BCUT2D eigenvalue weighted by molar-refractivity contribution is -0.138. The van der Waals surface area contributed by atoms with Crippen molar-refractivity contribution in [1.29, 1.82) is 0 Å². The average Bonchev–Trinajstić information content (AvgIpc) is 2.26. The summed E-state index contributed by atoms with van der Waals surface area (Å²) in [5.41, 5.74) is 1.73. The van der Waals surface area contributed by atoms with Gasteiger partial charge < -0.3 is 9.84 Å². The molecular formula is C14H20O3. The molecule has 0 spiro atoms. The van der Waals surface area contributed by atoms with Gasteiger partial charge in [0.1, 0.15) is 5.75 Å². The van der Waals surface area contributed by atoms with Crippen molar-refractivity contribution in [3.05, 3.63) is 29.3 Å². The summed E-state index contributed by atoms with van der Waals surface area (Å²) in [6, 6.07) is 5.97. The fourth-order valence-corrected chi connectivity index (χ4v) is 1.98. The molecule has 0 aromatic heterocycles. The van der Waals surface area contributed by atoms with E-state index in [2.05, 4.69) is 6.92 Å². The molecule has 0 radical (unpaired) electrons. The van der Waals surface area contributed by atoms with Gasteiger partial charge >= 0.3 is 5.97 Å². The predicted molar refractivity (Wildman–Crippen MR) is 67.7 cm³/mol. The molecule has 3 heteroatoms. The summed E-state index contributed by atoms with van der Waals surface area (Å²) in [4.78, 5) is 10.9. The molecule has 17 heavy (non-hydrogen) atoms. The fraction of sp³-hybridized carbons (Fsp3) is 0.500. The number of benzene rings is 1. The first-order chi connectivity index (χ1) is 7.90. The molecule has 0 saturated heterocycles. The van der Waals surface area contributed by atoms with E-state index in [1.165, 1.54) is 5.56 Å². The molecule has 0 aliphatic rings. The summed E-state index contributed by atoms with van der Waals surface area (Å²) in [5, 5.41) is 8.96. The van der Waals surface area contributed by atoms with Crippen LogP contribution in [0.25, 0.3) is 0 Å². The van der Waals surface area contributed by atoms with Gasteiger partial charge in [0, 0.05) is 11.0 Å². The Hall–Kier alpha value is -1.51. The van der Waals surface area contributed by atoms with Crippen LogP contribution in [0.2, 0.25) is 0 Å². The second-order valence-corrected chi connectivity index (χ2v) is 4.84. The minimum absolute atomic E-state index is 0.0938. The van der Waals surface area contributed by atoms with Crippen LogP contribution in [-0.2, 0) is 16.6 Å². The number of carboxylic acids is 1. The number of rotatable bonds is 5. The van der Waals surface area contributed by atoms with E-state index >= 15 is 0 Å². The summed E-state index contributed by atoms with van der Waals surface area (Å²) in [6.45, 7) is 5.94. The van der Waals surface area contributed by atoms with Gasteiger partial charge in [-0.25, -0.2) is 0 Å². The fourth-order valence-electron chi connectivity index (χ4n) is 1.98. The summed E-state index contributed by atoms with van der Waals surface area (Å²) < 4.78 is 5.32. The van der Waals surface area contributed by atoms with Crippen molar-refractivity contribution in [1.82, 2.24) is 0 Å². The molecule has 94 valence electrons. The van der Waals surface area contributed by atoms with E-state index in [0.717, 1.165) is 17.7 Å². The number of aliphatic carboxylic acids is 1. The van der Waals surface area contributed by atoms with Crippen LogP contribution < -0.4 is 4.74 Å². The van der Waals surface area contributed by atoms with Crippen molar-refractivity contribution in [2.75, 3.05) is 7.11 Å². The normalized spacial score (nSPS) is 11.3. The van der Waals surface area contributed by atoms with Gasteiger partial charge in [0.25, 0.3) is 0 Å². The Morgan fingerprint density at radius 1 is 1.41 bits per heavy atom. The molecule has 0 atom stereocenters. The predicted octanol–water partition coefficient (Wildman–Crippen LogP) is 3.01. The SMILES string of the molecule is CCc1ccc(OC)c(C(C)(C)CC(=O)O)c1. The van der Waals surface area contributed by atoms with E-state index in [1.54, 1.807) is 7.11 Å². The van der Waals surface area contributed by atoms with E-state index in [1.807, 2.05) is 32.0 Å². The third-order valence-corrected chi connectivity index (χ3v) is 2.99. The van der Waals surface area contributed by atoms with Crippen molar-refractivity contribution in [3.63, 3.8) is 0 Å². The minimum atomic E-state index is -0.793. The van der Waals surface area contributed by atoms with Crippen LogP contribution in [0.1, 0.15) is 38.3 Å². The van der Waals surface area contributed by atoms with E-state index < -0.39 is 11.4 Å². The Bertz CT molecular complexity index is 408. The van der Waals surface area contributed by atoms with Crippen molar-refractivity contribution in [2.45, 2.75) is 39.0 Å². The van der Waals surface area contributed by atoms with Gasteiger partial charge in [-0.3, -0.25) is 4.79 Å².